The molecular formula is C95H103FN6O27S. The van der Waals surface area contributed by atoms with E-state index in [1.807, 2.05) is 74.5 Å². The molecule has 130 heavy (non-hydrogen) atoms. The van der Waals surface area contributed by atoms with Crippen molar-refractivity contribution < 1.29 is 109 Å². The summed E-state index contributed by atoms with van der Waals surface area (Å²) in [5.74, 6) is -11.0. The second kappa shape index (κ2) is 48.4. The molecule has 9 aromatic rings. The Morgan fingerprint density at radius 3 is 1.05 bits per heavy atom. The van der Waals surface area contributed by atoms with Crippen molar-refractivity contribution in [1.29, 1.82) is 0 Å². The van der Waals surface area contributed by atoms with Gasteiger partial charge in [0, 0.05) is 57.9 Å². The summed E-state index contributed by atoms with van der Waals surface area (Å²) in [6, 6.07) is 33.6. The highest BCUT2D eigenvalue weighted by Crippen LogP contribution is 2.30. The lowest BCUT2D eigenvalue weighted by Gasteiger charge is -2.19. The number of halogens is 1. The lowest BCUT2D eigenvalue weighted by atomic mass is 10.00. The van der Waals surface area contributed by atoms with Crippen LogP contribution < -0.4 is 59.2 Å². The van der Waals surface area contributed by atoms with Crippen LogP contribution in [-0.2, 0) is 27.2 Å². The van der Waals surface area contributed by atoms with Crippen LogP contribution in [0, 0.1) is 66.1 Å². The number of rotatable bonds is 21. The minimum atomic E-state index is -0.824. The van der Waals surface area contributed by atoms with E-state index in [-0.39, 0.29) is 79.6 Å². The number of hydrogen-bond acceptors (Lipinski definition) is 28. The summed E-state index contributed by atoms with van der Waals surface area (Å²) in [5.41, 5.74) is 0.844. The van der Waals surface area contributed by atoms with Crippen LogP contribution in [-0.4, -0.2) is 162 Å². The van der Waals surface area contributed by atoms with E-state index in [0.29, 0.717) is 71.7 Å². The van der Waals surface area contributed by atoms with Crippen molar-refractivity contribution in [1.82, 2.24) is 26.2 Å². The molecule has 1 aliphatic heterocycles. The van der Waals surface area contributed by atoms with E-state index in [4.69, 9.17) is 0 Å². The Kier molecular flexibility index (Phi) is 39.2. The number of nitrogens with one attached hydrogen (secondary N) is 5. The van der Waals surface area contributed by atoms with Crippen molar-refractivity contribution in [3.63, 3.8) is 0 Å². The third-order valence-corrected chi connectivity index (χ3v) is 20.6. The highest BCUT2D eigenvalue weighted by Gasteiger charge is 2.28. The first kappa shape index (κ1) is 105. The number of nitrogens with zero attached hydrogens (tertiary/aromatic N) is 1. The van der Waals surface area contributed by atoms with Gasteiger partial charge in [0.25, 0.3) is 35.4 Å². The van der Waals surface area contributed by atoms with Crippen LogP contribution in [0.15, 0.2) is 180 Å². The number of Topliss-reactive ketones (excluding diaryl/α,β-unsaturated/α-hetero) is 3. The molecule has 0 aliphatic carbocycles. The molecular weight excluding hydrogens is 1710 g/mol. The highest BCUT2D eigenvalue weighted by atomic mass is 32.2. The standard InChI is InChI=1S/C19H19NO5.C17H17NO4.C16H14FNO4.C16H21NO5.C15H19NO5.C12H13NO4S/c1-11-8-16(22)18(24)17(23)10-14(11)19(25)20-15(12(2)21)9-13-6-4-3-5-7-13;1-11-9-14(19)16(21)15(20)10-13(11)17(22)18-8-7-12-5-3-2-4-6-12;1-8-6-13(19)15(21)14(20)7-11(8)16(22)18-12-4-3-10(17)5-9(12)2;1-8(2)5-12(10(4)18)17-16(22)11-7-14(20)15(21)13(19)6-9(11)3;1-7(2)13(9(4)17)16-15(21)10-6-12(19)14(20)11(18)5-8(10)3;1-7-4-9(14)11(16)10(15)5-8(7)12(17)13-2-3-18-6-13/h3-8,10,15H,9H2,1-2H3,(H,20,25)(H2,22,23,24);2-6,9-10H,7-8H2,1H3,(H,18,22)(H2,19,20,21);3-7H,1-2H3,(H,18,22)(H2,19,20,21);6-8,12H,5H2,1-4H3,(H,17,22)(H2,19,20,21);5-7,13H,1-4H3,(H,16,21)(H2,18,19,20);4-5H,2-3,6H2,1H3,(H2,14,15,16)/t15-;;;12-;13-;/m0..00./s1. The summed E-state index contributed by atoms with van der Waals surface area (Å²) in [5, 5.41) is 127. The summed E-state index contributed by atoms with van der Waals surface area (Å²) in [6.45, 7) is 23.5. The molecule has 3 atom stereocenters. The average molecular weight is 1810 g/mol. The molecule has 688 valence electrons. The fraction of sp³-hybridized carbons (Fsp3) is 0.274. The van der Waals surface area contributed by atoms with Gasteiger partial charge < -0.3 is 92.8 Å². The van der Waals surface area contributed by atoms with Crippen molar-refractivity contribution in [3.8, 4) is 69.0 Å². The average Bonchev–Trinajstić information content (AvgIpc) is 1.69. The number of amides is 6. The van der Waals surface area contributed by atoms with Gasteiger partial charge >= 0.3 is 0 Å². The zero-order chi connectivity index (χ0) is 97.7. The Labute approximate surface area is 748 Å². The van der Waals surface area contributed by atoms with Crippen molar-refractivity contribution in [2.45, 2.75) is 134 Å². The predicted molar refractivity (Wildman–Crippen MR) is 485 cm³/mol. The number of anilines is 1. The number of hydrogen-bond donors (Lipinski definition) is 17. The maximum Gasteiger partial charge on any atom is 0.256 e. The zero-order valence-corrected chi connectivity index (χ0v) is 74.3. The summed E-state index contributed by atoms with van der Waals surface area (Å²) in [7, 11) is 0. The molecule has 0 aromatic heterocycles. The van der Waals surface area contributed by atoms with Gasteiger partial charge in [-0.1, -0.05) is 88.4 Å². The molecule has 1 saturated heterocycles. The number of aryl methyl sites for hydroxylation is 7. The molecule has 1 fully saturated rings. The number of ketones is 3. The third kappa shape index (κ3) is 30.5. The molecule has 0 radical (unpaired) electrons. The Morgan fingerprint density at radius 1 is 0.385 bits per heavy atom. The molecule has 10 rings (SSSR count). The number of carbonyl (C=O) groups is 9. The number of carbonyl (C=O) groups excluding carboxylic acids is 9. The normalized spacial score (nSPS) is 11.7. The summed E-state index contributed by atoms with van der Waals surface area (Å²) >= 11 is 1.65. The van der Waals surface area contributed by atoms with Gasteiger partial charge in [-0.15, -0.1) is 11.8 Å². The minimum Gasteiger partial charge on any atom is -0.504 e. The van der Waals surface area contributed by atoms with E-state index < -0.39 is 155 Å². The van der Waals surface area contributed by atoms with E-state index >= 15 is 0 Å². The third-order valence-electron chi connectivity index (χ3n) is 19.6. The molecule has 35 heteroatoms. The van der Waals surface area contributed by atoms with E-state index in [1.54, 1.807) is 51.3 Å². The van der Waals surface area contributed by atoms with Gasteiger partial charge in [-0.25, -0.2) is 4.39 Å². The fourth-order valence-corrected chi connectivity index (χ4v) is 13.3. The van der Waals surface area contributed by atoms with Gasteiger partial charge in [0.15, 0.2) is 51.8 Å². The summed E-state index contributed by atoms with van der Waals surface area (Å²) in [6.07, 6.45) is 1.49. The van der Waals surface area contributed by atoms with Crippen LogP contribution in [0.4, 0.5) is 10.1 Å². The van der Waals surface area contributed by atoms with Gasteiger partial charge in [-0.3, -0.25) is 71.9 Å². The maximum absolute atomic E-state index is 13.1. The van der Waals surface area contributed by atoms with Crippen LogP contribution in [0.3, 0.4) is 0 Å². The molecule has 0 saturated carbocycles. The van der Waals surface area contributed by atoms with Crippen LogP contribution in [0.1, 0.15) is 167 Å². The maximum atomic E-state index is 13.1. The molecule has 0 unspecified atom stereocenters. The van der Waals surface area contributed by atoms with Crippen LogP contribution >= 0.6 is 11.8 Å². The van der Waals surface area contributed by atoms with E-state index in [0.717, 1.165) is 89.7 Å². The van der Waals surface area contributed by atoms with E-state index in [9.17, 15) is 138 Å². The molecule has 0 bridgehead atoms. The number of thioether (sulfide) groups is 1. The Balaban J connectivity index is 0.000000277. The molecule has 17 N–H and O–H groups in total. The lowest BCUT2D eigenvalue weighted by molar-refractivity contribution is -0.120. The first-order chi connectivity index (χ1) is 60.8. The summed E-state index contributed by atoms with van der Waals surface area (Å²) < 4.78 is 13.1. The van der Waals surface area contributed by atoms with Gasteiger partial charge in [0.05, 0.1) is 24.0 Å². The largest absolute Gasteiger partial charge is 0.504 e. The zero-order valence-electron chi connectivity index (χ0n) is 73.5. The van der Waals surface area contributed by atoms with Crippen molar-refractivity contribution in [2.24, 2.45) is 11.8 Å². The number of aromatic hydroxyl groups is 12. The van der Waals surface area contributed by atoms with E-state index in [1.165, 1.54) is 66.7 Å². The predicted octanol–water partition coefficient (Wildman–Crippen LogP) is 9.42. The first-order valence-electron chi connectivity index (χ1n) is 40.0. The van der Waals surface area contributed by atoms with Gasteiger partial charge in [0.2, 0.25) is 67.1 Å². The minimum absolute atomic E-state index is 0.00853. The molecule has 33 nitrogen and oxygen atoms in total. The van der Waals surface area contributed by atoms with Gasteiger partial charge in [-0.2, -0.15) is 0 Å². The quantitative estimate of drug-likeness (QED) is 0.0318. The lowest BCUT2D eigenvalue weighted by Crippen LogP contribution is -2.43. The van der Waals surface area contributed by atoms with Crippen LogP contribution in [0.2, 0.25) is 0 Å². The first-order valence-corrected chi connectivity index (χ1v) is 41.2. The second-order valence-corrected chi connectivity index (χ2v) is 31.9. The topological polar surface area (TPSA) is 562 Å². The van der Waals surface area contributed by atoms with Gasteiger partial charge in [0.1, 0.15) is 5.82 Å². The summed E-state index contributed by atoms with van der Waals surface area (Å²) in [4.78, 5) is 179. The van der Waals surface area contributed by atoms with Crippen molar-refractivity contribution in [2.75, 3.05) is 30.0 Å². The Bertz CT molecular complexity index is 6180. The van der Waals surface area contributed by atoms with Crippen LogP contribution in [0.25, 0.3) is 0 Å². The van der Waals surface area contributed by atoms with Gasteiger partial charge in [-0.05, 0) is 241 Å². The smallest absolute Gasteiger partial charge is 0.256 e. The molecule has 6 amide bonds. The SMILES string of the molecule is CC(=O)[C@@H](NC(=O)c1cc(O)c(O)c(=O)cc1C)C(C)C.CC(=O)[C@H](CC(C)C)NC(=O)c1cc(O)c(O)c(=O)cc1C.CC(=O)[C@H](Cc1ccccc1)NC(=O)c1cc(O)c(O)c(=O)cc1C.Cc1cc(=O)c(O)c(O)cc1C(=O)N1CCSC1.Cc1cc(=O)c(O)c(O)cc1C(=O)NCCc1ccccc1.Cc1cc(F)ccc1NC(=O)c1cc(O)c(O)c(=O)cc1C. The van der Waals surface area contributed by atoms with Crippen molar-refractivity contribution >= 4 is 70.2 Å². The van der Waals surface area contributed by atoms with Crippen molar-refractivity contribution in [3.05, 3.63) is 302 Å². The van der Waals surface area contributed by atoms with E-state index in [2.05, 4.69) is 26.6 Å². The molecule has 0 spiro atoms. The molecule has 1 aliphatic rings. The van der Waals surface area contributed by atoms with Crippen LogP contribution in [0.5, 0.6) is 69.0 Å². The number of benzene rings is 3. The Hall–Kier alpha value is -15.3. The molecule has 9 aromatic carbocycles. The highest BCUT2D eigenvalue weighted by molar-refractivity contribution is 7.99. The Morgan fingerprint density at radius 2 is 0.715 bits per heavy atom. The second-order valence-electron chi connectivity index (χ2n) is 30.8. The monoisotopic (exact) mass is 1810 g/mol. The fourth-order valence-electron chi connectivity index (χ4n) is 12.3. The molecule has 1 heterocycles.